The third-order valence-corrected chi connectivity index (χ3v) is 5.63. The lowest BCUT2D eigenvalue weighted by Crippen LogP contribution is -2.58. The van der Waals surface area contributed by atoms with Gasteiger partial charge in [0, 0.05) is 0 Å². The molecule has 1 aromatic carbocycles. The summed E-state index contributed by atoms with van der Waals surface area (Å²) in [6.45, 7) is 5.70. The van der Waals surface area contributed by atoms with Crippen molar-refractivity contribution in [2.24, 2.45) is 5.73 Å². The average Bonchev–Trinajstić information content (AvgIpc) is 2.44. The Morgan fingerprint density at radius 2 is 1.81 bits per heavy atom. The molecule has 0 aliphatic heterocycles. The molecule has 1 aromatic rings. The molecule has 0 radical (unpaired) electrons. The van der Waals surface area contributed by atoms with Crippen molar-refractivity contribution in [2.75, 3.05) is 5.75 Å². The molecule has 0 fully saturated rings. The van der Waals surface area contributed by atoms with E-state index in [9.17, 15) is 9.90 Å². The second kappa shape index (κ2) is 8.66. The van der Waals surface area contributed by atoms with Gasteiger partial charge >= 0.3 is 5.97 Å². The first-order chi connectivity index (χ1) is 9.36. The number of carbonyl (C=O) groups is 1. The Hall–Kier alpha value is -0.710. The predicted octanol–water partition coefficient (Wildman–Crippen LogP) is 4.05. The number of hydrogen-bond donors (Lipinski definition) is 2. The summed E-state index contributed by atoms with van der Waals surface area (Å²) < 4.78 is -0.645. The average molecular weight is 332 g/mol. The number of unbranched alkanes of at least 4 members (excludes halogenated alkanes) is 2. The summed E-state index contributed by atoms with van der Waals surface area (Å²) in [7, 11) is 0. The molecule has 0 bridgehead atoms. The third-order valence-electron chi connectivity index (χ3n) is 3.90. The lowest BCUT2D eigenvalue weighted by atomic mass is 9.81. The fourth-order valence-corrected chi connectivity index (χ4v) is 3.57. The summed E-state index contributed by atoms with van der Waals surface area (Å²) in [4.78, 5) is 11.6. The number of nitrogens with two attached hydrogens (primary N) is 1. The number of benzene rings is 1. The summed E-state index contributed by atoms with van der Waals surface area (Å²) >= 11 is 1.65. The zero-order valence-electron chi connectivity index (χ0n) is 13.0. The summed E-state index contributed by atoms with van der Waals surface area (Å²) in [6, 6.07) is 9.71. The van der Waals surface area contributed by atoms with Crippen molar-refractivity contribution in [3.05, 3.63) is 35.9 Å². The van der Waals surface area contributed by atoms with E-state index >= 15 is 0 Å². The molecule has 0 saturated heterocycles. The van der Waals surface area contributed by atoms with Gasteiger partial charge in [0.25, 0.3) is 0 Å². The maximum absolute atomic E-state index is 11.6. The lowest BCUT2D eigenvalue weighted by Gasteiger charge is -2.41. The van der Waals surface area contributed by atoms with Gasteiger partial charge < -0.3 is 10.8 Å². The van der Waals surface area contributed by atoms with E-state index < -0.39 is 16.3 Å². The van der Waals surface area contributed by atoms with Crippen molar-refractivity contribution < 1.29 is 9.90 Å². The van der Waals surface area contributed by atoms with Gasteiger partial charge in [0.15, 0.2) is 0 Å². The van der Waals surface area contributed by atoms with Gasteiger partial charge in [-0.15, -0.1) is 24.2 Å². The van der Waals surface area contributed by atoms with Crippen LogP contribution in [0.15, 0.2) is 30.3 Å². The molecule has 3 N–H and O–H groups in total. The van der Waals surface area contributed by atoms with Crippen LogP contribution in [0.5, 0.6) is 0 Å². The fourth-order valence-electron chi connectivity index (χ4n) is 2.12. The third kappa shape index (κ3) is 4.63. The molecule has 0 aliphatic carbocycles. The Bertz CT molecular complexity index is 439. The van der Waals surface area contributed by atoms with Crippen molar-refractivity contribution in [3.8, 4) is 0 Å². The molecule has 0 aromatic heterocycles. The Kier molecular flexibility index (Phi) is 8.37. The van der Waals surface area contributed by atoms with Crippen LogP contribution in [0.4, 0.5) is 0 Å². The lowest BCUT2D eigenvalue weighted by molar-refractivity contribution is -0.143. The molecule has 5 heteroatoms. The summed E-state index contributed by atoms with van der Waals surface area (Å²) in [5.41, 5.74) is 5.82. The monoisotopic (exact) mass is 331 g/mol. The van der Waals surface area contributed by atoms with Crippen LogP contribution in [0.2, 0.25) is 0 Å². The molecule has 3 nitrogen and oxygen atoms in total. The molecule has 0 amide bonds. The van der Waals surface area contributed by atoms with Crippen molar-refractivity contribution in [1.82, 2.24) is 0 Å². The number of hydrogen-bond acceptors (Lipinski definition) is 3. The highest BCUT2D eigenvalue weighted by Gasteiger charge is 2.49. The van der Waals surface area contributed by atoms with Crippen LogP contribution in [-0.4, -0.2) is 22.4 Å². The normalized spacial score (nSPS) is 16.4. The Morgan fingerprint density at radius 1 is 1.24 bits per heavy atom. The van der Waals surface area contributed by atoms with E-state index in [0.29, 0.717) is 0 Å². The van der Waals surface area contributed by atoms with E-state index in [0.717, 1.165) is 30.6 Å². The number of carboxylic acids is 1. The van der Waals surface area contributed by atoms with Crippen LogP contribution in [0, 0.1) is 0 Å². The second-order valence-electron chi connectivity index (χ2n) is 5.46. The SMILES string of the molecule is CCCCCS[C@@](C)(c1ccccc1)[C@@](C)(N)C(=O)O.Cl. The molecule has 0 heterocycles. The van der Waals surface area contributed by atoms with Crippen molar-refractivity contribution in [3.63, 3.8) is 0 Å². The molecular formula is C16H26ClNO2S. The summed E-state index contributed by atoms with van der Waals surface area (Å²) in [6.07, 6.45) is 3.40. The largest absolute Gasteiger partial charge is 0.480 e. The first-order valence-electron chi connectivity index (χ1n) is 7.08. The number of thioether (sulfide) groups is 1. The van der Waals surface area contributed by atoms with Gasteiger partial charge in [-0.25, -0.2) is 0 Å². The smallest absolute Gasteiger partial charge is 0.325 e. The van der Waals surface area contributed by atoms with Gasteiger partial charge in [0.2, 0.25) is 0 Å². The van der Waals surface area contributed by atoms with Gasteiger partial charge in [0.1, 0.15) is 5.54 Å². The highest BCUT2D eigenvalue weighted by Crippen LogP contribution is 2.44. The Balaban J connectivity index is 0.00000400. The summed E-state index contributed by atoms with van der Waals surface area (Å²) in [5, 5.41) is 9.50. The van der Waals surface area contributed by atoms with E-state index in [-0.39, 0.29) is 12.4 Å². The Morgan fingerprint density at radius 3 is 2.29 bits per heavy atom. The van der Waals surface area contributed by atoms with Gasteiger partial charge in [0.05, 0.1) is 4.75 Å². The molecular weight excluding hydrogens is 306 g/mol. The van der Waals surface area contributed by atoms with Gasteiger partial charge in [-0.3, -0.25) is 4.79 Å². The van der Waals surface area contributed by atoms with Gasteiger partial charge in [-0.05, 0) is 31.6 Å². The van der Waals surface area contributed by atoms with E-state index in [4.69, 9.17) is 5.73 Å². The van der Waals surface area contributed by atoms with Crippen LogP contribution in [0.3, 0.4) is 0 Å². The number of aliphatic carboxylic acids is 1. The highest BCUT2D eigenvalue weighted by atomic mass is 35.5. The van der Waals surface area contributed by atoms with E-state index in [1.807, 2.05) is 37.3 Å². The molecule has 1 rings (SSSR count). The second-order valence-corrected chi connectivity index (χ2v) is 6.98. The van der Waals surface area contributed by atoms with Crippen LogP contribution < -0.4 is 5.73 Å². The fraction of sp³-hybridized carbons (Fsp3) is 0.562. The first kappa shape index (κ1) is 20.3. The van der Waals surface area contributed by atoms with Crippen LogP contribution >= 0.6 is 24.2 Å². The standard InChI is InChI=1S/C16H25NO2S.ClH/c1-4-5-9-12-20-16(3,15(2,17)14(18)19)13-10-7-6-8-11-13;/h6-8,10-11H,4-5,9,12,17H2,1-3H3,(H,18,19);1H/t15-,16-;/m0./s1. The van der Waals surface area contributed by atoms with Crippen molar-refractivity contribution in [2.45, 2.75) is 50.3 Å². The number of halogens is 1. The van der Waals surface area contributed by atoms with Gasteiger partial charge in [-0.2, -0.15) is 0 Å². The molecule has 120 valence electrons. The quantitative estimate of drug-likeness (QED) is 0.705. The minimum Gasteiger partial charge on any atom is -0.480 e. The van der Waals surface area contributed by atoms with Gasteiger partial charge in [-0.1, -0.05) is 50.1 Å². The number of carboxylic acid groups (broad SMARTS) is 1. The molecule has 0 spiro atoms. The van der Waals surface area contributed by atoms with E-state index in [1.165, 1.54) is 0 Å². The van der Waals surface area contributed by atoms with E-state index in [2.05, 4.69) is 6.92 Å². The topological polar surface area (TPSA) is 63.3 Å². The first-order valence-corrected chi connectivity index (χ1v) is 8.06. The maximum Gasteiger partial charge on any atom is 0.325 e. The zero-order valence-corrected chi connectivity index (χ0v) is 14.6. The maximum atomic E-state index is 11.6. The number of rotatable bonds is 8. The Labute approximate surface area is 138 Å². The molecule has 2 atom stereocenters. The molecule has 21 heavy (non-hydrogen) atoms. The van der Waals surface area contributed by atoms with Crippen LogP contribution in [0.1, 0.15) is 45.6 Å². The van der Waals surface area contributed by atoms with Crippen LogP contribution in [-0.2, 0) is 9.54 Å². The molecule has 0 saturated carbocycles. The van der Waals surface area contributed by atoms with Crippen LogP contribution in [0.25, 0.3) is 0 Å². The summed E-state index contributed by atoms with van der Waals surface area (Å²) in [5.74, 6) is -0.0499. The molecule has 0 unspecified atom stereocenters. The van der Waals surface area contributed by atoms with E-state index in [1.54, 1.807) is 18.7 Å². The molecule has 0 aliphatic rings. The predicted molar refractivity (Wildman–Crippen MR) is 93.3 cm³/mol. The zero-order chi connectivity index (χ0) is 15.2. The van der Waals surface area contributed by atoms with Crippen molar-refractivity contribution in [1.29, 1.82) is 0 Å². The minimum absolute atomic E-state index is 0. The highest BCUT2D eigenvalue weighted by molar-refractivity contribution is 8.00. The minimum atomic E-state index is -1.31. The van der Waals surface area contributed by atoms with Crippen molar-refractivity contribution >= 4 is 30.1 Å².